The molecule has 3 N–H and O–H groups in total. The van der Waals surface area contributed by atoms with Crippen LogP contribution >= 0.6 is 0 Å². The quantitative estimate of drug-likeness (QED) is 0.298. The number of piperidine rings is 1. The first-order valence-corrected chi connectivity index (χ1v) is 13.2. The number of rotatable bonds is 10. The molecule has 3 aromatic rings. The van der Waals surface area contributed by atoms with Crippen LogP contribution in [0.3, 0.4) is 0 Å². The van der Waals surface area contributed by atoms with Gasteiger partial charge in [0.25, 0.3) is 5.91 Å². The van der Waals surface area contributed by atoms with Gasteiger partial charge in [-0.05, 0) is 93.0 Å². The van der Waals surface area contributed by atoms with Crippen molar-refractivity contribution in [1.82, 2.24) is 25.5 Å². The van der Waals surface area contributed by atoms with Crippen molar-refractivity contribution in [2.45, 2.75) is 44.1 Å². The van der Waals surface area contributed by atoms with Gasteiger partial charge >= 0.3 is 0 Å². The maximum absolute atomic E-state index is 11.4. The molecule has 2 atom stereocenters. The molecule has 1 amide bonds. The molecule has 1 aromatic heterocycles. The molecule has 190 valence electrons. The molecule has 1 saturated heterocycles. The number of hydrogen-bond donors (Lipinski definition) is 3. The average molecular weight is 488 g/mol. The Kier molecular flexibility index (Phi) is 7.80. The molecule has 0 unspecified atom stereocenters. The predicted molar refractivity (Wildman–Crippen MR) is 141 cm³/mol. The minimum atomic E-state index is -0.466. The fourth-order valence-electron chi connectivity index (χ4n) is 5.41. The molecular formula is C29H37N5O2. The highest BCUT2D eigenvalue weighted by molar-refractivity contribution is 5.93. The Labute approximate surface area is 213 Å². The summed E-state index contributed by atoms with van der Waals surface area (Å²) in [5.41, 5.74) is 7.23. The number of aromatic nitrogens is 2. The zero-order valence-electron chi connectivity index (χ0n) is 21.1. The van der Waals surface area contributed by atoms with Gasteiger partial charge in [0.2, 0.25) is 0 Å². The number of carbonyl (C=O) groups excluding carboxylic acids is 1. The molecule has 5 rings (SSSR count). The molecule has 1 aliphatic heterocycles. The number of amides is 1. The van der Waals surface area contributed by atoms with Crippen molar-refractivity contribution >= 4 is 5.91 Å². The van der Waals surface area contributed by atoms with E-state index in [1.54, 1.807) is 17.6 Å². The second kappa shape index (κ2) is 11.4. The molecule has 1 saturated carbocycles. The van der Waals surface area contributed by atoms with E-state index in [2.05, 4.69) is 45.8 Å². The summed E-state index contributed by atoms with van der Waals surface area (Å²) >= 11 is 0. The number of nitrogens with one attached hydrogen (secondary N) is 2. The second-order valence-corrected chi connectivity index (χ2v) is 10.4. The van der Waals surface area contributed by atoms with Gasteiger partial charge in [0.1, 0.15) is 0 Å². The summed E-state index contributed by atoms with van der Waals surface area (Å²) in [4.78, 5) is 14.0. The monoisotopic (exact) mass is 487 g/mol. The third-order valence-corrected chi connectivity index (χ3v) is 7.80. The molecule has 2 aromatic carbocycles. The van der Waals surface area contributed by atoms with Gasteiger partial charge in [-0.25, -0.2) is 5.48 Å². The highest BCUT2D eigenvalue weighted by Gasteiger charge is 2.38. The van der Waals surface area contributed by atoms with Gasteiger partial charge in [-0.15, -0.1) is 0 Å². The summed E-state index contributed by atoms with van der Waals surface area (Å²) in [7, 11) is 1.95. The van der Waals surface area contributed by atoms with E-state index in [1.807, 2.05) is 30.1 Å². The number of nitrogens with zero attached hydrogens (tertiary/aromatic N) is 3. The first kappa shape index (κ1) is 24.7. The Morgan fingerprint density at radius 2 is 1.81 bits per heavy atom. The molecule has 0 bridgehead atoms. The summed E-state index contributed by atoms with van der Waals surface area (Å²) in [6.07, 6.45) is 9.90. The lowest BCUT2D eigenvalue weighted by Crippen LogP contribution is -2.38. The molecule has 2 fully saturated rings. The number of hydroxylamine groups is 1. The third kappa shape index (κ3) is 6.22. The maximum Gasteiger partial charge on any atom is 0.274 e. The minimum Gasteiger partial charge on any atom is -0.313 e. The number of benzene rings is 2. The number of aryl methyl sites for hydroxylation is 2. The Morgan fingerprint density at radius 3 is 2.47 bits per heavy atom. The van der Waals surface area contributed by atoms with Gasteiger partial charge < -0.3 is 10.2 Å². The van der Waals surface area contributed by atoms with Crippen molar-refractivity contribution in [2.24, 2.45) is 13.0 Å². The lowest BCUT2D eigenvalue weighted by atomic mass is 9.96. The van der Waals surface area contributed by atoms with Crippen molar-refractivity contribution in [1.29, 1.82) is 0 Å². The van der Waals surface area contributed by atoms with Gasteiger partial charge in [-0.1, -0.05) is 36.4 Å². The molecule has 7 nitrogen and oxygen atoms in total. The van der Waals surface area contributed by atoms with Crippen LogP contribution in [0, 0.1) is 5.92 Å². The SMILES string of the molecule is Cn1cc(-c2ccc([C@H]3C[C@@H]3NCC3CCN(CCCc4ccc(C(=O)NO)cc4)CC3)cc2)cn1. The van der Waals surface area contributed by atoms with Crippen LogP contribution in [-0.2, 0) is 13.5 Å². The average Bonchev–Trinajstić information content (AvgIpc) is 3.57. The Morgan fingerprint density at radius 1 is 1.06 bits per heavy atom. The van der Waals surface area contributed by atoms with Crippen molar-refractivity contribution in [2.75, 3.05) is 26.2 Å². The molecule has 7 heteroatoms. The van der Waals surface area contributed by atoms with E-state index in [-0.39, 0.29) is 0 Å². The minimum absolute atomic E-state index is 0.466. The smallest absolute Gasteiger partial charge is 0.274 e. The van der Waals surface area contributed by atoms with Crippen LogP contribution in [0.4, 0.5) is 0 Å². The summed E-state index contributed by atoms with van der Waals surface area (Å²) in [5, 5.41) is 16.8. The van der Waals surface area contributed by atoms with E-state index >= 15 is 0 Å². The van der Waals surface area contributed by atoms with Gasteiger partial charge in [-0.2, -0.15) is 5.10 Å². The first-order chi connectivity index (χ1) is 17.6. The number of carbonyl (C=O) groups is 1. The van der Waals surface area contributed by atoms with E-state index in [9.17, 15) is 4.79 Å². The summed E-state index contributed by atoms with van der Waals surface area (Å²) in [6.45, 7) is 4.63. The number of hydrogen-bond acceptors (Lipinski definition) is 5. The van der Waals surface area contributed by atoms with E-state index in [4.69, 9.17) is 5.21 Å². The standard InChI is InChI=1S/C29H37N5O2/c1-33-20-26(19-31-33)23-8-10-24(11-9-23)27-17-28(27)30-18-22-12-15-34(16-13-22)14-2-3-21-4-6-25(7-5-21)29(35)32-36/h4-11,19-20,22,27-28,30,36H,2-3,12-18H2,1H3,(H,32,35)/t27-,28+/m1/s1. The van der Waals surface area contributed by atoms with Crippen LogP contribution in [0.15, 0.2) is 60.9 Å². The number of likely N-dealkylation sites (tertiary alicyclic amines) is 1. The zero-order valence-corrected chi connectivity index (χ0v) is 21.1. The molecule has 1 aliphatic carbocycles. The van der Waals surface area contributed by atoms with Crippen molar-refractivity contribution in [3.63, 3.8) is 0 Å². The molecule has 0 radical (unpaired) electrons. The molecule has 2 heterocycles. The Bertz CT molecular complexity index is 1130. The van der Waals surface area contributed by atoms with Gasteiger partial charge in [0.15, 0.2) is 0 Å². The topological polar surface area (TPSA) is 82.4 Å². The van der Waals surface area contributed by atoms with Gasteiger partial charge in [-0.3, -0.25) is 14.7 Å². The fraction of sp³-hybridized carbons (Fsp3) is 0.448. The van der Waals surface area contributed by atoms with Crippen LogP contribution < -0.4 is 10.8 Å². The lowest BCUT2D eigenvalue weighted by Gasteiger charge is -2.32. The van der Waals surface area contributed by atoms with Crippen LogP contribution in [0.25, 0.3) is 11.1 Å². The summed E-state index contributed by atoms with van der Waals surface area (Å²) in [6, 6.07) is 17.1. The lowest BCUT2D eigenvalue weighted by molar-refractivity contribution is 0.0706. The van der Waals surface area contributed by atoms with Crippen LogP contribution in [0.5, 0.6) is 0 Å². The first-order valence-electron chi connectivity index (χ1n) is 13.2. The highest BCUT2D eigenvalue weighted by Crippen LogP contribution is 2.41. The molecular weight excluding hydrogens is 450 g/mol. The van der Waals surface area contributed by atoms with E-state index < -0.39 is 5.91 Å². The third-order valence-electron chi connectivity index (χ3n) is 7.80. The van der Waals surface area contributed by atoms with E-state index in [1.165, 1.54) is 54.6 Å². The normalized spacial score (nSPS) is 20.4. The molecule has 36 heavy (non-hydrogen) atoms. The van der Waals surface area contributed by atoms with Gasteiger partial charge in [0, 0.05) is 36.3 Å². The molecule has 2 aliphatic rings. The van der Waals surface area contributed by atoms with E-state index in [0.29, 0.717) is 17.5 Å². The maximum atomic E-state index is 11.4. The van der Waals surface area contributed by atoms with Crippen molar-refractivity contribution < 1.29 is 10.0 Å². The fourth-order valence-corrected chi connectivity index (χ4v) is 5.41. The Hall–Kier alpha value is -3.00. The summed E-state index contributed by atoms with van der Waals surface area (Å²) in [5.74, 6) is 0.965. The highest BCUT2D eigenvalue weighted by atomic mass is 16.5. The van der Waals surface area contributed by atoms with E-state index in [0.717, 1.165) is 31.8 Å². The van der Waals surface area contributed by atoms with Crippen LogP contribution in [-0.4, -0.2) is 58.0 Å². The van der Waals surface area contributed by atoms with Gasteiger partial charge in [0.05, 0.1) is 6.20 Å². The van der Waals surface area contributed by atoms with Crippen molar-refractivity contribution in [3.8, 4) is 11.1 Å². The summed E-state index contributed by atoms with van der Waals surface area (Å²) < 4.78 is 1.85. The van der Waals surface area contributed by atoms with Crippen LogP contribution in [0.1, 0.15) is 53.1 Å². The molecule has 0 spiro atoms. The largest absolute Gasteiger partial charge is 0.313 e. The zero-order chi connectivity index (χ0) is 24.9. The van der Waals surface area contributed by atoms with Crippen molar-refractivity contribution in [3.05, 3.63) is 77.6 Å². The predicted octanol–water partition coefficient (Wildman–Crippen LogP) is 4.00. The second-order valence-electron chi connectivity index (χ2n) is 10.4. The Balaban J connectivity index is 0.972. The van der Waals surface area contributed by atoms with Crippen LogP contribution in [0.2, 0.25) is 0 Å².